The van der Waals surface area contributed by atoms with Gasteiger partial charge in [0.15, 0.2) is 11.8 Å². The number of anilines is 1. The zero-order valence-electron chi connectivity index (χ0n) is 18.7. The summed E-state index contributed by atoms with van der Waals surface area (Å²) in [4.78, 5) is 32.8. The Bertz CT molecular complexity index is 1110. The average molecular weight is 495 g/mol. The predicted octanol–water partition coefficient (Wildman–Crippen LogP) is 1.70. The number of hydrogen-bond acceptors (Lipinski definition) is 9. The molecule has 1 N–H and O–H groups in total. The van der Waals surface area contributed by atoms with Gasteiger partial charge in [-0.05, 0) is 44.5 Å². The fourth-order valence-electron chi connectivity index (χ4n) is 3.15. The zero-order valence-corrected chi connectivity index (χ0v) is 20.3. The smallest absolute Gasteiger partial charge is 0.316 e. The minimum Gasteiger partial charge on any atom is -0.455 e. The van der Waals surface area contributed by atoms with Gasteiger partial charge in [-0.25, -0.2) is 18.4 Å². The van der Waals surface area contributed by atoms with Gasteiger partial charge in [0, 0.05) is 30.2 Å². The third-order valence-corrected chi connectivity index (χ3v) is 7.57. The Morgan fingerprint density at radius 2 is 1.79 bits per heavy atom. The van der Waals surface area contributed by atoms with Gasteiger partial charge < -0.3 is 14.8 Å². The molecule has 1 aliphatic rings. The highest BCUT2D eigenvalue weighted by molar-refractivity contribution is 7.99. The van der Waals surface area contributed by atoms with Gasteiger partial charge in [-0.2, -0.15) is 4.31 Å². The summed E-state index contributed by atoms with van der Waals surface area (Å²) in [5.41, 5.74) is 2.46. The van der Waals surface area contributed by atoms with E-state index in [1.165, 1.54) is 10.4 Å². The SMILES string of the molecule is Cc1cc(C)nc(SCC(=O)OCC(=O)Nc2ccc(C)c(S(=O)(=O)N3CCOCC3)c2)n1. The van der Waals surface area contributed by atoms with E-state index in [1.54, 1.807) is 19.1 Å². The highest BCUT2D eigenvalue weighted by Crippen LogP contribution is 2.24. The number of sulfonamides is 1. The number of amides is 1. The quantitative estimate of drug-likeness (QED) is 0.331. The first kappa shape index (κ1) is 25.1. The van der Waals surface area contributed by atoms with E-state index in [9.17, 15) is 18.0 Å². The van der Waals surface area contributed by atoms with Crippen LogP contribution < -0.4 is 5.32 Å². The molecule has 0 spiro atoms. The summed E-state index contributed by atoms with van der Waals surface area (Å²) in [6, 6.07) is 6.46. The van der Waals surface area contributed by atoms with Crippen LogP contribution in [0.2, 0.25) is 0 Å². The first-order chi connectivity index (χ1) is 15.6. The lowest BCUT2D eigenvalue weighted by Crippen LogP contribution is -2.40. The van der Waals surface area contributed by atoms with Gasteiger partial charge in [-0.3, -0.25) is 9.59 Å². The number of nitrogens with zero attached hydrogens (tertiary/aromatic N) is 3. The van der Waals surface area contributed by atoms with Crippen LogP contribution in [0.1, 0.15) is 17.0 Å². The van der Waals surface area contributed by atoms with Crippen LogP contribution in [0.5, 0.6) is 0 Å². The molecule has 1 aliphatic heterocycles. The lowest BCUT2D eigenvalue weighted by Gasteiger charge is -2.26. The number of morpholine rings is 1. The van der Waals surface area contributed by atoms with Crippen LogP contribution in [0.15, 0.2) is 34.3 Å². The van der Waals surface area contributed by atoms with Gasteiger partial charge in [-0.1, -0.05) is 17.8 Å². The maximum Gasteiger partial charge on any atom is 0.316 e. The van der Waals surface area contributed by atoms with Crippen molar-refractivity contribution in [3.05, 3.63) is 41.2 Å². The molecule has 1 aromatic heterocycles. The van der Waals surface area contributed by atoms with Gasteiger partial charge >= 0.3 is 5.97 Å². The largest absolute Gasteiger partial charge is 0.455 e. The van der Waals surface area contributed by atoms with Gasteiger partial charge in [0.1, 0.15) is 0 Å². The van der Waals surface area contributed by atoms with Crippen LogP contribution in [0.3, 0.4) is 0 Å². The fraction of sp³-hybridized carbons (Fsp3) is 0.429. The van der Waals surface area contributed by atoms with E-state index < -0.39 is 28.5 Å². The standard InChI is InChI=1S/C21H26N4O6S2/c1-14-4-5-17(11-18(14)33(28,29)25-6-8-30-9-7-25)24-19(26)12-31-20(27)13-32-21-22-15(2)10-16(3)23-21/h4-5,10-11H,6-9,12-13H2,1-3H3,(H,24,26). The summed E-state index contributed by atoms with van der Waals surface area (Å²) in [7, 11) is -3.71. The number of thioether (sulfide) groups is 1. The van der Waals surface area contributed by atoms with Crippen LogP contribution in [-0.2, 0) is 29.1 Å². The maximum absolute atomic E-state index is 13.0. The first-order valence-electron chi connectivity index (χ1n) is 10.2. The Morgan fingerprint density at radius 1 is 1.12 bits per heavy atom. The number of esters is 1. The molecule has 10 nitrogen and oxygen atoms in total. The van der Waals surface area contributed by atoms with Gasteiger partial charge in [0.2, 0.25) is 10.0 Å². The number of ether oxygens (including phenoxy) is 2. The molecule has 2 aromatic rings. The second-order valence-electron chi connectivity index (χ2n) is 7.43. The fourth-order valence-corrected chi connectivity index (χ4v) is 5.55. The second kappa shape index (κ2) is 11.1. The van der Waals surface area contributed by atoms with E-state index in [4.69, 9.17) is 9.47 Å². The average Bonchev–Trinajstić information content (AvgIpc) is 2.77. The number of nitrogens with one attached hydrogen (secondary N) is 1. The van der Waals surface area contributed by atoms with Crippen molar-refractivity contribution < 1.29 is 27.5 Å². The van der Waals surface area contributed by atoms with Crippen LogP contribution >= 0.6 is 11.8 Å². The zero-order chi connectivity index (χ0) is 24.0. The second-order valence-corrected chi connectivity index (χ2v) is 10.3. The van der Waals surface area contributed by atoms with Crippen LogP contribution in [-0.4, -0.2) is 73.2 Å². The Kier molecular flexibility index (Phi) is 8.40. The predicted molar refractivity (Wildman–Crippen MR) is 123 cm³/mol. The number of aryl methyl sites for hydroxylation is 3. The molecule has 0 aliphatic carbocycles. The minimum absolute atomic E-state index is 0.0390. The van der Waals surface area contributed by atoms with Crippen molar-refractivity contribution in [2.75, 3.05) is 44.0 Å². The van der Waals surface area contributed by atoms with Crippen molar-refractivity contribution in [1.29, 1.82) is 0 Å². The molecular weight excluding hydrogens is 468 g/mol. The number of hydrogen-bond donors (Lipinski definition) is 1. The molecule has 0 bridgehead atoms. The Balaban J connectivity index is 1.54. The van der Waals surface area contributed by atoms with Crippen molar-refractivity contribution in [3.8, 4) is 0 Å². The molecule has 33 heavy (non-hydrogen) atoms. The highest BCUT2D eigenvalue weighted by atomic mass is 32.2. The normalized spacial score (nSPS) is 14.6. The van der Waals surface area contributed by atoms with Crippen molar-refractivity contribution in [2.24, 2.45) is 0 Å². The summed E-state index contributed by atoms with van der Waals surface area (Å²) in [6.07, 6.45) is 0. The van der Waals surface area contributed by atoms with Gasteiger partial charge in [0.05, 0.1) is 23.9 Å². The number of benzene rings is 1. The Hall–Kier alpha value is -2.54. The molecule has 12 heteroatoms. The van der Waals surface area contributed by atoms with E-state index in [2.05, 4.69) is 15.3 Å². The molecule has 2 heterocycles. The van der Waals surface area contributed by atoms with E-state index in [1.807, 2.05) is 19.9 Å². The molecule has 1 amide bonds. The van der Waals surface area contributed by atoms with E-state index >= 15 is 0 Å². The minimum atomic E-state index is -3.71. The third-order valence-electron chi connectivity index (χ3n) is 4.70. The molecule has 1 saturated heterocycles. The van der Waals surface area contributed by atoms with E-state index in [0.29, 0.717) is 29.6 Å². The molecule has 3 rings (SSSR count). The molecule has 178 valence electrons. The summed E-state index contributed by atoms with van der Waals surface area (Å²) in [5, 5.41) is 3.03. The summed E-state index contributed by atoms with van der Waals surface area (Å²) in [6.45, 7) is 6.11. The number of carbonyl (C=O) groups excluding carboxylic acids is 2. The summed E-state index contributed by atoms with van der Waals surface area (Å²) < 4.78 is 37.5. The maximum atomic E-state index is 13.0. The molecule has 1 aromatic carbocycles. The van der Waals surface area contributed by atoms with Crippen molar-refractivity contribution in [2.45, 2.75) is 30.8 Å². The van der Waals surface area contributed by atoms with Crippen LogP contribution in [0.4, 0.5) is 5.69 Å². The van der Waals surface area contributed by atoms with Crippen molar-refractivity contribution in [3.63, 3.8) is 0 Å². The van der Waals surface area contributed by atoms with Crippen molar-refractivity contribution >= 4 is 39.3 Å². The molecular formula is C21H26N4O6S2. The monoisotopic (exact) mass is 494 g/mol. The topological polar surface area (TPSA) is 128 Å². The third kappa shape index (κ3) is 6.97. The molecule has 0 atom stereocenters. The summed E-state index contributed by atoms with van der Waals surface area (Å²) in [5.74, 6) is -1.20. The van der Waals surface area contributed by atoms with Crippen LogP contribution in [0, 0.1) is 20.8 Å². The lowest BCUT2D eigenvalue weighted by atomic mass is 10.2. The van der Waals surface area contributed by atoms with E-state index in [0.717, 1.165) is 23.1 Å². The number of aromatic nitrogens is 2. The van der Waals surface area contributed by atoms with Crippen LogP contribution in [0.25, 0.3) is 0 Å². The number of carbonyl (C=O) groups is 2. The first-order valence-corrected chi connectivity index (χ1v) is 12.7. The molecule has 0 radical (unpaired) electrons. The Labute approximate surface area is 197 Å². The van der Waals surface area contributed by atoms with Gasteiger partial charge in [-0.15, -0.1) is 0 Å². The number of rotatable bonds is 8. The summed E-state index contributed by atoms with van der Waals surface area (Å²) >= 11 is 1.12. The molecule has 0 unspecified atom stereocenters. The molecule has 1 fully saturated rings. The molecule has 0 saturated carbocycles. The Morgan fingerprint density at radius 3 is 2.45 bits per heavy atom. The van der Waals surface area contributed by atoms with Gasteiger partial charge in [0.25, 0.3) is 5.91 Å². The highest BCUT2D eigenvalue weighted by Gasteiger charge is 2.28. The lowest BCUT2D eigenvalue weighted by molar-refractivity contribution is -0.144. The van der Waals surface area contributed by atoms with Crippen molar-refractivity contribution in [1.82, 2.24) is 14.3 Å². The van der Waals surface area contributed by atoms with E-state index in [-0.39, 0.29) is 23.7 Å².